The molecule has 25 nitrogen and oxygen atoms in total. The molecule has 2 unspecified atom stereocenters. The Hall–Kier alpha value is -4.01. The van der Waals surface area contributed by atoms with E-state index in [-0.39, 0.29) is 35.6 Å². The number of fused-ring (bicyclic) bond motifs is 1. The molecule has 1 amide bonds. The molecular weight excluding hydrogens is 824 g/mol. The second-order valence-electron chi connectivity index (χ2n) is 12.4. The van der Waals surface area contributed by atoms with Crippen molar-refractivity contribution in [1.82, 2.24) is 34.4 Å². The van der Waals surface area contributed by atoms with Gasteiger partial charge in [0.2, 0.25) is 5.91 Å². The molecule has 3 aromatic heterocycles. The first-order valence-electron chi connectivity index (χ1n) is 16.7. The molecule has 0 spiro atoms. The Bertz CT molecular complexity index is 2120. The number of nitrogens with zero attached hydrogens (tertiary/aromatic N) is 6. The highest BCUT2D eigenvalue weighted by Gasteiger charge is 2.52. The average molecular weight is 866 g/mol. The van der Waals surface area contributed by atoms with E-state index in [4.69, 9.17) is 34.7 Å². The highest BCUT2D eigenvalue weighted by Crippen LogP contribution is 2.50. The van der Waals surface area contributed by atoms with Gasteiger partial charge in [-0.2, -0.15) is 4.98 Å². The summed E-state index contributed by atoms with van der Waals surface area (Å²) in [4.78, 5) is 83.7. The van der Waals surface area contributed by atoms with Gasteiger partial charge in [-0.25, -0.2) is 45.0 Å². The molecule has 0 aliphatic carbocycles. The Morgan fingerprint density at radius 2 is 1.72 bits per heavy atom. The van der Waals surface area contributed by atoms with Crippen LogP contribution in [0.2, 0.25) is 0 Å². The Balaban J connectivity index is 1.39. The number of allylic oxidation sites excluding steroid dienone is 1. The lowest BCUT2D eigenvalue weighted by molar-refractivity contribution is -0.160. The normalized spacial score (nSPS) is 26.8. The van der Waals surface area contributed by atoms with E-state index < -0.39 is 102 Å². The summed E-state index contributed by atoms with van der Waals surface area (Å²) in [5, 5.41) is 26.9. The van der Waals surface area contributed by atoms with Crippen LogP contribution in [0.15, 0.2) is 42.4 Å². The Labute approximate surface area is 325 Å². The van der Waals surface area contributed by atoms with Gasteiger partial charge in [0.05, 0.1) is 19.5 Å². The van der Waals surface area contributed by atoms with Gasteiger partial charge in [-0.05, 0) is 18.7 Å². The molecule has 314 valence electrons. The van der Waals surface area contributed by atoms with Crippen LogP contribution in [0.25, 0.3) is 11.2 Å². The minimum absolute atomic E-state index is 0.00341. The molecule has 2 aliphatic heterocycles. The molecule has 5 heterocycles. The van der Waals surface area contributed by atoms with Gasteiger partial charge < -0.3 is 55.9 Å². The van der Waals surface area contributed by atoms with Crippen molar-refractivity contribution in [1.29, 1.82) is 0 Å². The van der Waals surface area contributed by atoms with E-state index in [2.05, 4.69) is 36.4 Å². The number of aliphatic hydroxyl groups is 2. The zero-order chi connectivity index (χ0) is 41.7. The predicted molar refractivity (Wildman–Crippen MR) is 198 cm³/mol. The van der Waals surface area contributed by atoms with E-state index in [9.17, 15) is 48.4 Å². The highest BCUT2D eigenvalue weighted by atomic mass is 32.1. The molecule has 10 atom stereocenters. The average Bonchev–Trinajstić information content (AvgIpc) is 3.80. The molecule has 0 aromatic carbocycles. The molecule has 5 rings (SSSR count). The summed E-state index contributed by atoms with van der Waals surface area (Å²) in [5.41, 5.74) is 10.7. The van der Waals surface area contributed by atoms with Gasteiger partial charge in [0.15, 0.2) is 30.0 Å². The summed E-state index contributed by atoms with van der Waals surface area (Å²) in [5.74, 6) is -1.67. The van der Waals surface area contributed by atoms with E-state index in [1.54, 1.807) is 11.6 Å². The van der Waals surface area contributed by atoms with Crippen molar-refractivity contribution in [2.75, 3.05) is 30.9 Å². The molecule has 2 saturated heterocycles. The molecule has 2 aliphatic rings. The van der Waals surface area contributed by atoms with Crippen molar-refractivity contribution in [3.05, 3.63) is 48.1 Å². The van der Waals surface area contributed by atoms with Crippen molar-refractivity contribution in [2.24, 2.45) is 0 Å². The first-order chi connectivity index (χ1) is 26.9. The number of hydrogen-bond donors (Lipinski definition) is 9. The molecule has 0 bridgehead atoms. The van der Waals surface area contributed by atoms with Crippen LogP contribution in [-0.4, -0.2) is 133 Å². The largest absolute Gasteiger partial charge is 0.472 e. The van der Waals surface area contributed by atoms with Crippen LogP contribution in [0.1, 0.15) is 31.7 Å². The van der Waals surface area contributed by atoms with Gasteiger partial charge >= 0.3 is 27.3 Å². The second-order valence-corrected chi connectivity index (χ2v) is 15.9. The fourth-order valence-electron chi connectivity index (χ4n) is 5.78. The van der Waals surface area contributed by atoms with Crippen molar-refractivity contribution >= 4 is 67.0 Å². The molecule has 0 radical (unpaired) electrons. The fraction of sp³-hybridized carbons (Fsp3) is 0.517. The monoisotopic (exact) mass is 865 g/mol. The van der Waals surface area contributed by atoms with Crippen molar-refractivity contribution in [2.45, 2.75) is 74.4 Å². The molecule has 3 aromatic rings. The van der Waals surface area contributed by atoms with Crippen LogP contribution in [0.3, 0.4) is 0 Å². The topological polar surface area (TPSA) is 367 Å². The van der Waals surface area contributed by atoms with Crippen LogP contribution in [0, 0.1) is 0 Å². The van der Waals surface area contributed by atoms with Gasteiger partial charge in [-0.3, -0.25) is 27.5 Å². The van der Waals surface area contributed by atoms with Crippen LogP contribution >= 0.6 is 27.0 Å². The molecule has 10 N–H and O–H groups in total. The number of aromatic nitrogens is 6. The number of nitrogens with one attached hydrogen (secondary N) is 1. The number of carbonyl (C=O) groups excluding carboxylic acids is 2. The highest BCUT2D eigenvalue weighted by molar-refractivity contribution is 7.96. The number of amides is 1. The minimum Gasteiger partial charge on any atom is -0.455 e. The summed E-state index contributed by atoms with van der Waals surface area (Å²) >= 11 is 0.778. The fourth-order valence-corrected chi connectivity index (χ4v) is 7.51. The number of anilines is 2. The molecule has 0 saturated carbocycles. The van der Waals surface area contributed by atoms with E-state index in [0.717, 1.165) is 28.4 Å². The minimum atomic E-state index is -5.38. The quantitative estimate of drug-likeness (QED) is 0.0220. The number of thiol groups is 1. The maximum absolute atomic E-state index is 13.6. The van der Waals surface area contributed by atoms with E-state index in [1.165, 1.54) is 23.0 Å². The van der Waals surface area contributed by atoms with Gasteiger partial charge in [0, 0.05) is 19.0 Å². The predicted octanol–water partition coefficient (Wildman–Crippen LogP) is -1.97. The lowest BCUT2D eigenvalue weighted by Gasteiger charge is -2.26. The Kier molecular flexibility index (Phi) is 14.5. The molecule has 57 heavy (non-hydrogen) atoms. The SMILES string of the molecule is C=CCCC(=O)NC(CC=[SH]C)C(=O)O[C@H]1[C@@H](O)[C@H](n2cnc3c(N)ncnc32)O[C@H]1COP(=O)(O)O[C@H]1[C@@H](O)[C@H](n2ccc(N)nc2=O)O[C@@H]1COP(=O)(O)O. The van der Waals surface area contributed by atoms with Crippen molar-refractivity contribution in [3.8, 4) is 0 Å². The number of nitrogens with two attached hydrogens (primary N) is 2. The summed E-state index contributed by atoms with van der Waals surface area (Å²) in [6.07, 6.45) is -6.55. The standard InChI is InChI=1S/C29H41N9O16P2S/c1-3-4-5-18(39)35-14(7-9-57-2)28(42)53-22-15(51-27(20(22)40)38-13-34-19-24(31)32-12-33-25(19)38)11-50-56(47,48)54-23-16(10-49-55(44,45)46)52-26(21(23)41)37-8-6-17(30)36-29(37)43/h3,6,8-9,12-16,20-23,26-27,40-41,57H,1,4-5,7,10-11H2,2H3,(H,35,39)(H,47,48)(H2,30,36,43)(H2,31,32,33)(H2,44,45,46)/t14?,15-,16+,20+,21+,22+,23+,26+,27+/m0/s1. The van der Waals surface area contributed by atoms with E-state index in [0.29, 0.717) is 6.42 Å². The number of rotatable bonds is 18. The summed E-state index contributed by atoms with van der Waals surface area (Å²) < 4.78 is 59.1. The number of ether oxygens (including phenoxy) is 3. The smallest absolute Gasteiger partial charge is 0.455 e. The van der Waals surface area contributed by atoms with Crippen LogP contribution in [0.4, 0.5) is 11.6 Å². The van der Waals surface area contributed by atoms with Crippen LogP contribution in [-0.2, 0) is 46.5 Å². The van der Waals surface area contributed by atoms with Crippen molar-refractivity contribution < 1.29 is 71.4 Å². The summed E-state index contributed by atoms with van der Waals surface area (Å²) in [6, 6.07) is -0.0430. The maximum Gasteiger partial charge on any atom is 0.472 e. The van der Waals surface area contributed by atoms with Crippen LogP contribution < -0.4 is 22.5 Å². The number of esters is 1. The molecule has 2 fully saturated rings. The maximum atomic E-state index is 13.6. The first-order valence-corrected chi connectivity index (χ1v) is 21.2. The van der Waals surface area contributed by atoms with Gasteiger partial charge in [0.1, 0.15) is 54.2 Å². The van der Waals surface area contributed by atoms with Gasteiger partial charge in [-0.1, -0.05) is 11.4 Å². The summed E-state index contributed by atoms with van der Waals surface area (Å²) in [7, 11) is -10.5. The second kappa shape index (κ2) is 18.7. The number of nitrogen functional groups attached to an aromatic ring is 2. The number of phosphoric ester groups is 2. The number of imidazole rings is 1. The molecular formula is C29H41N9O16P2S. The third-order valence-electron chi connectivity index (χ3n) is 8.44. The lowest BCUT2D eigenvalue weighted by atomic mass is 10.1. The first kappa shape index (κ1) is 44.1. The lowest BCUT2D eigenvalue weighted by Crippen LogP contribution is -2.46. The zero-order valence-electron chi connectivity index (χ0n) is 29.8. The number of carbonyl (C=O) groups is 2. The third kappa shape index (κ3) is 10.9. The van der Waals surface area contributed by atoms with E-state index >= 15 is 0 Å². The number of phosphoric acid groups is 2. The number of aliphatic hydroxyl groups excluding tert-OH is 2. The Morgan fingerprint density at radius 1 is 1.05 bits per heavy atom. The van der Waals surface area contributed by atoms with Gasteiger partial charge in [0.25, 0.3) is 0 Å². The van der Waals surface area contributed by atoms with Crippen LogP contribution in [0.5, 0.6) is 0 Å². The third-order valence-corrected chi connectivity index (χ3v) is 10.5. The zero-order valence-corrected chi connectivity index (χ0v) is 32.5. The molecule has 28 heteroatoms. The van der Waals surface area contributed by atoms with Gasteiger partial charge in [-0.15, -0.1) is 6.58 Å². The summed E-state index contributed by atoms with van der Waals surface area (Å²) in [6.45, 7) is 1.61. The number of hydrogen-bond acceptors (Lipinski definition) is 19. The van der Waals surface area contributed by atoms with E-state index in [1.807, 2.05) is 0 Å². The Morgan fingerprint density at radius 3 is 2.39 bits per heavy atom. The van der Waals surface area contributed by atoms with Crippen molar-refractivity contribution in [3.63, 3.8) is 0 Å².